The Labute approximate surface area is 112 Å². The minimum absolute atomic E-state index is 0.328. The summed E-state index contributed by atoms with van der Waals surface area (Å²) in [5.41, 5.74) is 0.905. The van der Waals surface area contributed by atoms with E-state index in [2.05, 4.69) is 24.1 Å². The highest BCUT2D eigenvalue weighted by molar-refractivity contribution is 7.15. The number of anilines is 1. The second-order valence-electron chi connectivity index (χ2n) is 5.41. The molecule has 0 saturated heterocycles. The van der Waals surface area contributed by atoms with Crippen molar-refractivity contribution in [1.82, 2.24) is 4.98 Å². The van der Waals surface area contributed by atoms with Gasteiger partial charge in [0.25, 0.3) is 0 Å². The number of hydrogen-bond donors (Lipinski definition) is 1. The SMILES string of the molecule is CCOC(=O)c1nc(NCC2CC2(C)C)sc1C. The molecule has 1 aliphatic carbocycles. The molecule has 1 unspecified atom stereocenters. The molecule has 5 heteroatoms. The van der Waals surface area contributed by atoms with E-state index < -0.39 is 0 Å². The summed E-state index contributed by atoms with van der Waals surface area (Å²) in [6, 6.07) is 0. The van der Waals surface area contributed by atoms with E-state index in [0.717, 1.165) is 16.6 Å². The van der Waals surface area contributed by atoms with Crippen molar-refractivity contribution in [3.05, 3.63) is 10.6 Å². The summed E-state index contributed by atoms with van der Waals surface area (Å²) < 4.78 is 4.97. The van der Waals surface area contributed by atoms with Crippen molar-refractivity contribution in [3.8, 4) is 0 Å². The molecule has 1 aromatic heterocycles. The number of aromatic nitrogens is 1. The van der Waals surface area contributed by atoms with E-state index in [1.165, 1.54) is 17.8 Å². The Balaban J connectivity index is 1.94. The molecule has 0 spiro atoms. The quantitative estimate of drug-likeness (QED) is 0.834. The Morgan fingerprint density at radius 2 is 2.28 bits per heavy atom. The van der Waals surface area contributed by atoms with Gasteiger partial charge in [0.1, 0.15) is 0 Å². The molecule has 1 atom stereocenters. The molecule has 0 radical (unpaired) electrons. The van der Waals surface area contributed by atoms with Gasteiger partial charge >= 0.3 is 5.97 Å². The van der Waals surface area contributed by atoms with Crippen LogP contribution in [0.3, 0.4) is 0 Å². The van der Waals surface area contributed by atoms with E-state index in [-0.39, 0.29) is 5.97 Å². The fourth-order valence-corrected chi connectivity index (χ4v) is 2.80. The number of esters is 1. The summed E-state index contributed by atoms with van der Waals surface area (Å²) in [4.78, 5) is 16.8. The molecule has 4 nitrogen and oxygen atoms in total. The maximum Gasteiger partial charge on any atom is 0.358 e. The molecule has 1 fully saturated rings. The first kappa shape index (κ1) is 13.3. The number of nitrogens with zero attached hydrogens (tertiary/aromatic N) is 1. The van der Waals surface area contributed by atoms with Gasteiger partial charge in [-0.3, -0.25) is 0 Å². The van der Waals surface area contributed by atoms with Crippen LogP contribution in [0.4, 0.5) is 5.13 Å². The average molecular weight is 268 g/mol. The zero-order valence-corrected chi connectivity index (χ0v) is 12.2. The van der Waals surface area contributed by atoms with E-state index in [0.29, 0.717) is 23.6 Å². The molecule has 0 aliphatic heterocycles. The van der Waals surface area contributed by atoms with E-state index in [4.69, 9.17) is 4.74 Å². The van der Waals surface area contributed by atoms with Crippen LogP contribution in [-0.2, 0) is 4.74 Å². The lowest BCUT2D eigenvalue weighted by atomic mass is 10.1. The van der Waals surface area contributed by atoms with Crippen LogP contribution in [0.2, 0.25) is 0 Å². The van der Waals surface area contributed by atoms with E-state index >= 15 is 0 Å². The minimum atomic E-state index is -0.328. The van der Waals surface area contributed by atoms with Gasteiger partial charge in [-0.05, 0) is 31.6 Å². The van der Waals surface area contributed by atoms with Crippen molar-refractivity contribution in [1.29, 1.82) is 0 Å². The standard InChI is InChI=1S/C13H20N2O2S/c1-5-17-11(16)10-8(2)18-12(15-10)14-7-9-6-13(9,3)4/h9H,5-7H2,1-4H3,(H,14,15). The van der Waals surface area contributed by atoms with Crippen LogP contribution in [0.15, 0.2) is 0 Å². The smallest absolute Gasteiger partial charge is 0.358 e. The molecule has 0 amide bonds. The monoisotopic (exact) mass is 268 g/mol. The van der Waals surface area contributed by atoms with Crippen molar-refractivity contribution < 1.29 is 9.53 Å². The fourth-order valence-electron chi connectivity index (χ4n) is 2.00. The lowest BCUT2D eigenvalue weighted by Gasteiger charge is -2.03. The van der Waals surface area contributed by atoms with Crippen LogP contribution in [0, 0.1) is 18.3 Å². The second-order valence-corrected chi connectivity index (χ2v) is 6.62. The number of hydrogen-bond acceptors (Lipinski definition) is 5. The number of nitrogens with one attached hydrogen (secondary N) is 1. The van der Waals surface area contributed by atoms with Crippen LogP contribution in [-0.4, -0.2) is 24.1 Å². The van der Waals surface area contributed by atoms with Crippen LogP contribution >= 0.6 is 11.3 Å². The lowest BCUT2D eigenvalue weighted by Crippen LogP contribution is -2.09. The Morgan fingerprint density at radius 1 is 1.61 bits per heavy atom. The van der Waals surface area contributed by atoms with Gasteiger partial charge in [-0.1, -0.05) is 13.8 Å². The number of ether oxygens (including phenoxy) is 1. The second kappa shape index (κ2) is 4.88. The molecule has 1 saturated carbocycles. The molecular formula is C13H20N2O2S. The van der Waals surface area contributed by atoms with Gasteiger partial charge in [0.05, 0.1) is 6.61 Å². The molecule has 0 aromatic carbocycles. The van der Waals surface area contributed by atoms with Crippen molar-refractivity contribution in [3.63, 3.8) is 0 Å². The van der Waals surface area contributed by atoms with Crippen LogP contribution < -0.4 is 5.32 Å². The van der Waals surface area contributed by atoms with E-state index in [1.807, 2.05) is 6.92 Å². The summed E-state index contributed by atoms with van der Waals surface area (Å²) in [6.45, 7) is 9.56. The van der Waals surface area contributed by atoms with Crippen molar-refractivity contribution in [2.75, 3.05) is 18.5 Å². The predicted octanol–water partition coefficient (Wildman–Crippen LogP) is 3.09. The Hall–Kier alpha value is -1.10. The summed E-state index contributed by atoms with van der Waals surface area (Å²) in [5.74, 6) is 0.388. The molecule has 1 heterocycles. The zero-order valence-electron chi connectivity index (χ0n) is 11.4. The van der Waals surface area contributed by atoms with Gasteiger partial charge in [-0.25, -0.2) is 9.78 Å². The van der Waals surface area contributed by atoms with Crippen LogP contribution in [0.5, 0.6) is 0 Å². The number of aryl methyl sites for hydroxylation is 1. The Morgan fingerprint density at radius 3 is 2.83 bits per heavy atom. The van der Waals surface area contributed by atoms with Crippen LogP contribution in [0.1, 0.15) is 42.6 Å². The molecule has 1 aliphatic rings. The van der Waals surface area contributed by atoms with Crippen LogP contribution in [0.25, 0.3) is 0 Å². The van der Waals surface area contributed by atoms with Gasteiger partial charge in [0, 0.05) is 11.4 Å². The van der Waals surface area contributed by atoms with E-state index in [1.54, 1.807) is 6.92 Å². The third-order valence-electron chi connectivity index (χ3n) is 3.48. The van der Waals surface area contributed by atoms with Crippen molar-refractivity contribution in [2.24, 2.45) is 11.3 Å². The highest BCUT2D eigenvalue weighted by Gasteiger charge is 2.45. The predicted molar refractivity (Wildman–Crippen MR) is 73.2 cm³/mol. The molecule has 1 N–H and O–H groups in total. The van der Waals surface area contributed by atoms with Gasteiger partial charge in [0.2, 0.25) is 0 Å². The molecular weight excluding hydrogens is 248 g/mol. The highest BCUT2D eigenvalue weighted by Crippen LogP contribution is 2.51. The number of thiazole rings is 1. The Kier molecular flexibility index (Phi) is 3.61. The largest absolute Gasteiger partial charge is 0.461 e. The summed E-state index contributed by atoms with van der Waals surface area (Å²) >= 11 is 1.52. The highest BCUT2D eigenvalue weighted by atomic mass is 32.1. The minimum Gasteiger partial charge on any atom is -0.461 e. The van der Waals surface area contributed by atoms with Gasteiger partial charge in [-0.15, -0.1) is 11.3 Å². The number of carbonyl (C=O) groups is 1. The third-order valence-corrected chi connectivity index (χ3v) is 4.41. The first-order chi connectivity index (χ1) is 8.44. The summed E-state index contributed by atoms with van der Waals surface area (Å²) in [6.07, 6.45) is 1.26. The molecule has 1 aromatic rings. The Bertz CT molecular complexity index is 454. The first-order valence-corrected chi connectivity index (χ1v) is 7.14. The fraction of sp³-hybridized carbons (Fsp3) is 0.692. The normalized spacial score (nSPS) is 20.6. The molecule has 100 valence electrons. The zero-order chi connectivity index (χ0) is 13.3. The third kappa shape index (κ3) is 2.83. The van der Waals surface area contributed by atoms with Gasteiger partial charge < -0.3 is 10.1 Å². The number of rotatable bonds is 5. The molecule has 18 heavy (non-hydrogen) atoms. The van der Waals surface area contributed by atoms with Crippen molar-refractivity contribution >= 4 is 22.4 Å². The maximum atomic E-state index is 11.6. The topological polar surface area (TPSA) is 51.2 Å². The average Bonchev–Trinajstić information content (AvgIpc) is 2.72. The van der Waals surface area contributed by atoms with E-state index in [9.17, 15) is 4.79 Å². The van der Waals surface area contributed by atoms with Gasteiger partial charge in [-0.2, -0.15) is 0 Å². The maximum absolute atomic E-state index is 11.6. The summed E-state index contributed by atoms with van der Waals surface area (Å²) in [5, 5.41) is 4.14. The lowest BCUT2D eigenvalue weighted by molar-refractivity contribution is 0.0519. The number of carbonyl (C=O) groups excluding carboxylic acids is 1. The first-order valence-electron chi connectivity index (χ1n) is 6.32. The molecule has 0 bridgehead atoms. The summed E-state index contributed by atoms with van der Waals surface area (Å²) in [7, 11) is 0. The molecule has 2 rings (SSSR count). The van der Waals surface area contributed by atoms with Crippen molar-refractivity contribution in [2.45, 2.75) is 34.1 Å². The van der Waals surface area contributed by atoms with Gasteiger partial charge in [0.15, 0.2) is 10.8 Å².